The molecule has 7 nitrogen and oxygen atoms in total. The van der Waals surface area contributed by atoms with Crippen LogP contribution in [0.25, 0.3) is 0 Å². The highest BCUT2D eigenvalue weighted by molar-refractivity contribution is 5.84. The number of pyridine rings is 1. The fourth-order valence-electron chi connectivity index (χ4n) is 2.02. The number of nitrogens with one attached hydrogen (secondary N) is 1. The largest absolute Gasteiger partial charge is 0.476 e. The van der Waals surface area contributed by atoms with Crippen LogP contribution in [0.5, 0.6) is 0 Å². The smallest absolute Gasteiger partial charge is 0.356 e. The van der Waals surface area contributed by atoms with Gasteiger partial charge in [0, 0.05) is 25.0 Å². The van der Waals surface area contributed by atoms with E-state index in [2.05, 4.69) is 21.4 Å². The predicted octanol–water partition coefficient (Wildman–Crippen LogP) is 1.58. The van der Waals surface area contributed by atoms with Crippen LogP contribution in [0.3, 0.4) is 0 Å². The van der Waals surface area contributed by atoms with Crippen molar-refractivity contribution < 1.29 is 9.90 Å². The second-order valence-corrected chi connectivity index (χ2v) is 4.61. The van der Waals surface area contributed by atoms with Crippen molar-refractivity contribution >= 4 is 11.7 Å². The van der Waals surface area contributed by atoms with E-state index in [4.69, 9.17) is 10.4 Å². The van der Waals surface area contributed by atoms with E-state index >= 15 is 0 Å². The number of hydrogen-bond donors (Lipinski definition) is 2. The summed E-state index contributed by atoms with van der Waals surface area (Å²) in [6, 6.07) is 3.96. The summed E-state index contributed by atoms with van der Waals surface area (Å²) in [5.74, 6) is -1.05. The van der Waals surface area contributed by atoms with Gasteiger partial charge < -0.3 is 15.0 Å². The van der Waals surface area contributed by atoms with Crippen molar-refractivity contribution in [3.05, 3.63) is 41.2 Å². The Labute approximate surface area is 121 Å². The highest BCUT2D eigenvalue weighted by atomic mass is 16.4. The van der Waals surface area contributed by atoms with E-state index in [1.165, 1.54) is 12.5 Å². The molecule has 2 aromatic rings. The summed E-state index contributed by atoms with van der Waals surface area (Å²) < 4.78 is 1.68. The average molecular weight is 285 g/mol. The minimum Gasteiger partial charge on any atom is -0.476 e. The minimum atomic E-state index is -1.05. The average Bonchev–Trinajstić information content (AvgIpc) is 2.87. The Morgan fingerprint density at radius 3 is 2.90 bits per heavy atom. The van der Waals surface area contributed by atoms with Crippen molar-refractivity contribution in [3.63, 3.8) is 0 Å². The topological polar surface area (TPSA) is 104 Å². The third-order valence-corrected chi connectivity index (χ3v) is 2.98. The molecule has 0 atom stereocenters. The van der Waals surface area contributed by atoms with Crippen LogP contribution >= 0.6 is 0 Å². The number of imidazole rings is 1. The lowest BCUT2D eigenvalue weighted by atomic mass is 10.1. The molecule has 0 aliphatic heterocycles. The number of hydrogen-bond acceptors (Lipinski definition) is 5. The van der Waals surface area contributed by atoms with E-state index < -0.39 is 5.97 Å². The normalized spacial score (nSPS) is 10.1. The summed E-state index contributed by atoms with van der Waals surface area (Å²) in [6.45, 7) is 4.76. The molecule has 21 heavy (non-hydrogen) atoms. The van der Waals surface area contributed by atoms with Crippen LogP contribution in [0, 0.1) is 25.2 Å². The van der Waals surface area contributed by atoms with Crippen LogP contribution in [-0.2, 0) is 6.54 Å². The van der Waals surface area contributed by atoms with Crippen LogP contribution in [-0.4, -0.2) is 32.2 Å². The zero-order chi connectivity index (χ0) is 15.4. The van der Waals surface area contributed by atoms with Gasteiger partial charge in [-0.2, -0.15) is 5.26 Å². The molecule has 0 spiro atoms. The quantitative estimate of drug-likeness (QED) is 0.864. The van der Waals surface area contributed by atoms with Crippen molar-refractivity contribution in [1.29, 1.82) is 5.26 Å². The first kappa shape index (κ1) is 14.5. The highest BCUT2D eigenvalue weighted by Gasteiger charge is 2.08. The molecule has 0 saturated heterocycles. The number of nitrogens with zero attached hydrogens (tertiary/aromatic N) is 4. The third-order valence-electron chi connectivity index (χ3n) is 2.98. The highest BCUT2D eigenvalue weighted by Crippen LogP contribution is 2.18. The molecule has 0 radical (unpaired) electrons. The van der Waals surface area contributed by atoms with Crippen LogP contribution < -0.4 is 5.32 Å². The Morgan fingerprint density at radius 2 is 2.29 bits per heavy atom. The van der Waals surface area contributed by atoms with Crippen LogP contribution in [0.15, 0.2) is 18.6 Å². The Bertz CT molecular complexity index is 715. The third kappa shape index (κ3) is 3.36. The summed E-state index contributed by atoms with van der Waals surface area (Å²) >= 11 is 0. The molecule has 2 heterocycles. The van der Waals surface area contributed by atoms with Crippen molar-refractivity contribution in [2.45, 2.75) is 20.4 Å². The number of carbonyl (C=O) groups is 1. The van der Waals surface area contributed by atoms with Crippen LogP contribution in [0.2, 0.25) is 0 Å². The second-order valence-electron chi connectivity index (χ2n) is 4.61. The Morgan fingerprint density at radius 1 is 1.52 bits per heavy atom. The monoisotopic (exact) mass is 285 g/mol. The van der Waals surface area contributed by atoms with Gasteiger partial charge in [0.2, 0.25) is 0 Å². The number of aromatic nitrogens is 3. The Balaban J connectivity index is 2.03. The lowest BCUT2D eigenvalue weighted by molar-refractivity contribution is 0.0691. The molecule has 0 bridgehead atoms. The molecule has 0 aliphatic carbocycles. The molecule has 108 valence electrons. The molecule has 7 heteroatoms. The van der Waals surface area contributed by atoms with Crippen molar-refractivity contribution in [3.8, 4) is 6.07 Å². The van der Waals surface area contributed by atoms with Gasteiger partial charge in [-0.15, -0.1) is 0 Å². The summed E-state index contributed by atoms with van der Waals surface area (Å²) in [6.07, 6.45) is 2.94. The van der Waals surface area contributed by atoms with E-state index in [1.807, 2.05) is 13.0 Å². The SMILES string of the molecule is Cc1cc(NCCn2cnc(C(=O)O)c2)c(C#N)c(C)n1. The molecule has 2 aromatic heterocycles. The maximum atomic E-state index is 10.7. The summed E-state index contributed by atoms with van der Waals surface area (Å²) in [7, 11) is 0. The molecule has 0 aliphatic rings. The standard InChI is InChI=1S/C14H15N5O2/c1-9-5-12(11(6-15)10(2)18-9)16-3-4-19-7-13(14(20)21)17-8-19/h5,7-8H,3-4H2,1-2H3,(H,16,18)(H,20,21). The van der Waals surface area contributed by atoms with E-state index in [0.717, 1.165) is 11.4 Å². The number of nitriles is 1. The number of carboxylic acid groups (broad SMARTS) is 1. The lowest BCUT2D eigenvalue weighted by Crippen LogP contribution is -2.11. The number of anilines is 1. The van der Waals surface area contributed by atoms with Gasteiger partial charge in [0.25, 0.3) is 0 Å². The van der Waals surface area contributed by atoms with E-state index in [1.54, 1.807) is 11.5 Å². The Kier molecular flexibility index (Phi) is 4.18. The number of aryl methyl sites for hydroxylation is 2. The molecular formula is C14H15N5O2. The molecule has 0 amide bonds. The molecular weight excluding hydrogens is 270 g/mol. The maximum absolute atomic E-state index is 10.7. The van der Waals surface area contributed by atoms with Crippen molar-refractivity contribution in [2.75, 3.05) is 11.9 Å². The molecule has 0 aromatic carbocycles. The van der Waals surface area contributed by atoms with E-state index in [-0.39, 0.29) is 5.69 Å². The van der Waals surface area contributed by atoms with Crippen LogP contribution in [0.4, 0.5) is 5.69 Å². The first-order valence-corrected chi connectivity index (χ1v) is 6.38. The van der Waals surface area contributed by atoms with Gasteiger partial charge in [0.05, 0.1) is 23.3 Å². The first-order chi connectivity index (χ1) is 10.0. The molecule has 2 rings (SSSR count). The fraction of sp³-hybridized carbons (Fsp3) is 0.286. The molecule has 2 N–H and O–H groups in total. The van der Waals surface area contributed by atoms with Crippen molar-refractivity contribution in [1.82, 2.24) is 14.5 Å². The number of rotatable bonds is 5. The van der Waals surface area contributed by atoms with Gasteiger partial charge in [-0.05, 0) is 19.9 Å². The minimum absolute atomic E-state index is 0.0170. The van der Waals surface area contributed by atoms with Crippen LogP contribution in [0.1, 0.15) is 27.4 Å². The second kappa shape index (κ2) is 6.05. The first-order valence-electron chi connectivity index (χ1n) is 6.38. The molecule has 0 saturated carbocycles. The van der Waals surface area contributed by atoms with Gasteiger partial charge in [-0.3, -0.25) is 4.98 Å². The molecule has 0 unspecified atom stereocenters. The van der Waals surface area contributed by atoms with Gasteiger partial charge in [0.15, 0.2) is 5.69 Å². The lowest BCUT2D eigenvalue weighted by Gasteiger charge is -2.11. The van der Waals surface area contributed by atoms with E-state index in [9.17, 15) is 4.79 Å². The van der Waals surface area contributed by atoms with Gasteiger partial charge in [-0.1, -0.05) is 0 Å². The number of aromatic carboxylic acids is 1. The van der Waals surface area contributed by atoms with Gasteiger partial charge in [-0.25, -0.2) is 9.78 Å². The summed E-state index contributed by atoms with van der Waals surface area (Å²) in [5.41, 5.74) is 2.81. The summed E-state index contributed by atoms with van der Waals surface area (Å²) in [4.78, 5) is 18.8. The predicted molar refractivity (Wildman–Crippen MR) is 76.1 cm³/mol. The molecule has 0 fully saturated rings. The van der Waals surface area contributed by atoms with E-state index in [0.29, 0.717) is 24.3 Å². The summed E-state index contributed by atoms with van der Waals surface area (Å²) in [5, 5.41) is 21.1. The number of carboxylic acids is 1. The zero-order valence-electron chi connectivity index (χ0n) is 11.8. The fourth-order valence-corrected chi connectivity index (χ4v) is 2.02. The Hall–Kier alpha value is -2.88. The van der Waals surface area contributed by atoms with Crippen molar-refractivity contribution in [2.24, 2.45) is 0 Å². The zero-order valence-corrected chi connectivity index (χ0v) is 11.8. The maximum Gasteiger partial charge on any atom is 0.356 e. The van der Waals surface area contributed by atoms with Gasteiger partial charge in [0.1, 0.15) is 6.07 Å². The van der Waals surface area contributed by atoms with Gasteiger partial charge >= 0.3 is 5.97 Å².